The monoisotopic (exact) mass is 396 g/mol. The average Bonchev–Trinajstić information content (AvgIpc) is 3.15. The van der Waals surface area contributed by atoms with Gasteiger partial charge in [0.05, 0.1) is 0 Å². The zero-order valence-electron chi connectivity index (χ0n) is 17.1. The Labute approximate surface area is 169 Å². The maximum absolute atomic E-state index is 13.1. The second kappa shape index (κ2) is 6.33. The molecule has 2 atom stereocenters. The quantitative estimate of drug-likeness (QED) is 0.825. The van der Waals surface area contributed by atoms with Crippen LogP contribution in [0.3, 0.4) is 0 Å². The molecule has 2 N–H and O–H groups in total. The van der Waals surface area contributed by atoms with Crippen LogP contribution in [0.25, 0.3) is 0 Å². The summed E-state index contributed by atoms with van der Waals surface area (Å²) in [6.45, 7) is 7.56. The third kappa shape index (κ3) is 2.60. The molecule has 0 spiro atoms. The average molecular weight is 396 g/mol. The fourth-order valence-corrected chi connectivity index (χ4v) is 4.09. The van der Waals surface area contributed by atoms with Crippen molar-refractivity contribution >= 4 is 29.5 Å². The lowest BCUT2D eigenvalue weighted by Crippen LogP contribution is -2.65. The molecule has 1 aromatic rings. The topological polar surface area (TPSA) is 103 Å². The Balaban J connectivity index is 1.78. The standard InChI is InChI=1S/C20H24N6O3/c1-10-6-7-14(8-11(10)2)25-12(3)13(4)26-16-17(22-19(25)26)23(5)20(29)24(18(16)28)9-15(21)27/h6-8,16-17H,9H2,1-5H3,(H2,21,27). The van der Waals surface area contributed by atoms with Crippen LogP contribution in [0.15, 0.2) is 34.6 Å². The fourth-order valence-electron chi connectivity index (χ4n) is 4.09. The molecule has 0 saturated carbocycles. The molecule has 3 heterocycles. The van der Waals surface area contributed by atoms with Crippen LogP contribution in [0.2, 0.25) is 0 Å². The van der Waals surface area contributed by atoms with Gasteiger partial charge in [0.1, 0.15) is 6.54 Å². The minimum absolute atomic E-state index is 0.447. The second-order valence-corrected chi connectivity index (χ2v) is 7.72. The van der Waals surface area contributed by atoms with Crippen molar-refractivity contribution in [3.8, 4) is 0 Å². The first-order chi connectivity index (χ1) is 13.6. The number of nitrogens with two attached hydrogens (primary N) is 1. The summed E-state index contributed by atoms with van der Waals surface area (Å²) in [5.74, 6) is -0.601. The molecule has 1 fully saturated rings. The Hall–Kier alpha value is -3.36. The number of carbonyl (C=O) groups excluding carboxylic acids is 3. The number of likely N-dealkylation sites (N-methyl/N-ethyl adjacent to an activating group) is 1. The Morgan fingerprint density at radius 2 is 1.79 bits per heavy atom. The number of benzene rings is 1. The predicted octanol–water partition coefficient (Wildman–Crippen LogP) is 1.12. The van der Waals surface area contributed by atoms with E-state index < -0.39 is 36.6 Å². The van der Waals surface area contributed by atoms with Crippen LogP contribution < -0.4 is 10.6 Å². The lowest BCUT2D eigenvalue weighted by molar-refractivity contribution is -0.139. The molecule has 0 bridgehead atoms. The number of guanidine groups is 1. The van der Waals surface area contributed by atoms with Crippen molar-refractivity contribution in [2.75, 3.05) is 18.5 Å². The van der Waals surface area contributed by atoms with Crippen molar-refractivity contribution < 1.29 is 14.4 Å². The Morgan fingerprint density at radius 3 is 2.41 bits per heavy atom. The van der Waals surface area contributed by atoms with Crippen molar-refractivity contribution in [2.24, 2.45) is 10.7 Å². The van der Waals surface area contributed by atoms with E-state index >= 15 is 0 Å². The zero-order valence-corrected chi connectivity index (χ0v) is 17.1. The highest BCUT2D eigenvalue weighted by molar-refractivity contribution is 6.11. The summed E-state index contributed by atoms with van der Waals surface area (Å²) < 4.78 is 0. The number of anilines is 1. The van der Waals surface area contributed by atoms with Gasteiger partial charge in [-0.2, -0.15) is 0 Å². The van der Waals surface area contributed by atoms with Gasteiger partial charge in [-0.05, 0) is 51.0 Å². The summed E-state index contributed by atoms with van der Waals surface area (Å²) in [5, 5.41) is 0. The van der Waals surface area contributed by atoms with E-state index in [1.807, 2.05) is 42.7 Å². The van der Waals surface area contributed by atoms with Crippen molar-refractivity contribution in [2.45, 2.75) is 39.9 Å². The third-order valence-corrected chi connectivity index (χ3v) is 5.96. The summed E-state index contributed by atoms with van der Waals surface area (Å²) in [7, 11) is 1.58. The number of rotatable bonds is 3. The minimum atomic E-state index is -0.737. The highest BCUT2D eigenvalue weighted by atomic mass is 16.2. The normalized spacial score (nSPS) is 23.7. The molecule has 3 aliphatic rings. The minimum Gasteiger partial charge on any atom is -0.368 e. The van der Waals surface area contributed by atoms with E-state index in [-0.39, 0.29) is 0 Å². The molecule has 152 valence electrons. The van der Waals surface area contributed by atoms with Gasteiger partial charge in [-0.25, -0.2) is 9.79 Å². The first kappa shape index (κ1) is 19.0. The first-order valence-corrected chi connectivity index (χ1v) is 9.42. The molecule has 2 unspecified atom stereocenters. The molecule has 0 radical (unpaired) electrons. The second-order valence-electron chi connectivity index (χ2n) is 7.72. The van der Waals surface area contributed by atoms with Gasteiger partial charge in [-0.1, -0.05) is 6.07 Å². The number of carbonyl (C=O) groups is 3. The number of urea groups is 1. The van der Waals surface area contributed by atoms with Crippen LogP contribution in [0.4, 0.5) is 10.5 Å². The Kier molecular flexibility index (Phi) is 4.14. The number of fused-ring (bicyclic) bond motifs is 3. The molecular formula is C20H24N6O3. The van der Waals surface area contributed by atoms with Crippen molar-refractivity contribution in [1.29, 1.82) is 0 Å². The number of imide groups is 1. The highest BCUT2D eigenvalue weighted by Gasteiger charge is 2.56. The maximum Gasteiger partial charge on any atom is 0.328 e. The van der Waals surface area contributed by atoms with Crippen molar-refractivity contribution in [3.05, 3.63) is 40.7 Å². The predicted molar refractivity (Wildman–Crippen MR) is 108 cm³/mol. The van der Waals surface area contributed by atoms with Gasteiger partial charge in [0.2, 0.25) is 11.9 Å². The van der Waals surface area contributed by atoms with E-state index in [2.05, 4.69) is 13.0 Å². The SMILES string of the molecule is CC1=C(C)N2C(=NC3C2C(=O)N(CC(N)=O)C(=O)N3C)N1c1ccc(C)c(C)c1. The van der Waals surface area contributed by atoms with E-state index in [1.165, 1.54) is 10.5 Å². The third-order valence-electron chi connectivity index (χ3n) is 5.96. The molecule has 1 aromatic carbocycles. The molecule has 0 aromatic heterocycles. The molecule has 3 aliphatic heterocycles. The Bertz CT molecular complexity index is 1010. The number of primary amides is 1. The molecule has 4 amide bonds. The lowest BCUT2D eigenvalue weighted by atomic mass is 10.1. The molecule has 0 aliphatic carbocycles. The van der Waals surface area contributed by atoms with E-state index in [0.717, 1.165) is 27.5 Å². The van der Waals surface area contributed by atoms with E-state index in [0.29, 0.717) is 5.96 Å². The van der Waals surface area contributed by atoms with Gasteiger partial charge in [-0.15, -0.1) is 0 Å². The lowest BCUT2D eigenvalue weighted by Gasteiger charge is -2.40. The molecule has 29 heavy (non-hydrogen) atoms. The van der Waals surface area contributed by atoms with Crippen LogP contribution in [0.5, 0.6) is 0 Å². The molecule has 9 nitrogen and oxygen atoms in total. The number of aliphatic imine (C=N–C) groups is 1. The van der Waals surface area contributed by atoms with E-state index in [9.17, 15) is 14.4 Å². The first-order valence-electron chi connectivity index (χ1n) is 9.42. The largest absolute Gasteiger partial charge is 0.368 e. The van der Waals surface area contributed by atoms with Gasteiger partial charge in [0, 0.05) is 24.1 Å². The van der Waals surface area contributed by atoms with Gasteiger partial charge < -0.3 is 10.6 Å². The van der Waals surface area contributed by atoms with Crippen LogP contribution in [0.1, 0.15) is 25.0 Å². The van der Waals surface area contributed by atoms with Crippen LogP contribution in [0, 0.1) is 13.8 Å². The molecule has 9 heteroatoms. The molecular weight excluding hydrogens is 372 g/mol. The molecule has 4 rings (SSSR count). The smallest absolute Gasteiger partial charge is 0.328 e. The van der Waals surface area contributed by atoms with Gasteiger partial charge in [0.15, 0.2) is 12.2 Å². The van der Waals surface area contributed by atoms with Crippen LogP contribution >= 0.6 is 0 Å². The summed E-state index contributed by atoms with van der Waals surface area (Å²) in [5.41, 5.74) is 10.4. The summed E-state index contributed by atoms with van der Waals surface area (Å²) in [4.78, 5) is 48.1. The number of hydrogen-bond acceptors (Lipinski definition) is 6. The van der Waals surface area contributed by atoms with Crippen molar-refractivity contribution in [1.82, 2.24) is 14.7 Å². The van der Waals surface area contributed by atoms with E-state index in [4.69, 9.17) is 10.7 Å². The number of amides is 4. The zero-order chi connectivity index (χ0) is 21.2. The molecule has 1 saturated heterocycles. The maximum atomic E-state index is 13.1. The van der Waals surface area contributed by atoms with Crippen LogP contribution in [-0.2, 0) is 9.59 Å². The van der Waals surface area contributed by atoms with Crippen LogP contribution in [-0.4, -0.2) is 64.3 Å². The summed E-state index contributed by atoms with van der Waals surface area (Å²) in [6.07, 6.45) is -0.661. The van der Waals surface area contributed by atoms with Crippen molar-refractivity contribution in [3.63, 3.8) is 0 Å². The number of allylic oxidation sites excluding steroid dienone is 2. The highest BCUT2D eigenvalue weighted by Crippen LogP contribution is 2.40. The summed E-state index contributed by atoms with van der Waals surface area (Å²) in [6, 6.07) is 4.85. The van der Waals surface area contributed by atoms with E-state index in [1.54, 1.807) is 7.05 Å². The number of aryl methyl sites for hydroxylation is 2. The van der Waals surface area contributed by atoms with Gasteiger partial charge >= 0.3 is 6.03 Å². The summed E-state index contributed by atoms with van der Waals surface area (Å²) >= 11 is 0. The number of nitrogens with zero attached hydrogens (tertiary/aromatic N) is 5. The number of hydrogen-bond donors (Lipinski definition) is 1. The van der Waals surface area contributed by atoms with Gasteiger partial charge in [-0.3, -0.25) is 24.3 Å². The Morgan fingerprint density at radius 1 is 1.10 bits per heavy atom. The fraction of sp³-hybridized carbons (Fsp3) is 0.400. The van der Waals surface area contributed by atoms with Gasteiger partial charge in [0.25, 0.3) is 5.91 Å².